The minimum absolute atomic E-state index is 0.256. The fraction of sp³-hybridized carbons (Fsp3) is 0.292. The molecule has 4 aromatic rings. The van der Waals surface area contributed by atoms with Gasteiger partial charge in [-0.2, -0.15) is 5.10 Å². The van der Waals surface area contributed by atoms with Crippen molar-refractivity contribution in [1.29, 1.82) is 0 Å². The molecule has 32 heavy (non-hydrogen) atoms. The molecule has 2 aromatic heterocycles. The second kappa shape index (κ2) is 8.20. The summed E-state index contributed by atoms with van der Waals surface area (Å²) in [6.07, 6.45) is 3.65. The fourth-order valence-electron chi connectivity index (χ4n) is 3.60. The van der Waals surface area contributed by atoms with Gasteiger partial charge in [0.05, 0.1) is 30.9 Å². The van der Waals surface area contributed by atoms with Crippen LogP contribution in [0.5, 0.6) is 5.75 Å². The van der Waals surface area contributed by atoms with Gasteiger partial charge in [-0.1, -0.05) is 12.1 Å². The lowest BCUT2D eigenvalue weighted by molar-refractivity contribution is 0.0625. The Balaban J connectivity index is 1.78. The van der Waals surface area contributed by atoms with E-state index in [1.807, 2.05) is 42.8 Å². The summed E-state index contributed by atoms with van der Waals surface area (Å²) in [6, 6.07) is 11.7. The van der Waals surface area contributed by atoms with Crippen molar-refractivity contribution in [3.63, 3.8) is 0 Å². The summed E-state index contributed by atoms with van der Waals surface area (Å²) in [5, 5.41) is 15.5. The van der Waals surface area contributed by atoms with E-state index >= 15 is 0 Å². The Morgan fingerprint density at radius 2 is 1.84 bits per heavy atom. The van der Waals surface area contributed by atoms with Crippen LogP contribution in [0.1, 0.15) is 43.9 Å². The lowest BCUT2D eigenvalue weighted by atomic mass is 10.1. The molecule has 1 N–H and O–H groups in total. The topological polar surface area (TPSA) is 78.0 Å². The molecule has 8 heteroatoms. The maximum Gasteiger partial charge on any atom is 0.181 e. The number of hydrogen-bond donors (Lipinski definition) is 1. The number of aliphatic hydroxyl groups is 1. The minimum Gasteiger partial charge on any atom is -0.495 e. The van der Waals surface area contributed by atoms with Crippen LogP contribution < -0.4 is 4.74 Å². The van der Waals surface area contributed by atoms with Crippen molar-refractivity contribution in [3.8, 4) is 22.8 Å². The molecule has 7 nitrogen and oxygen atoms in total. The van der Waals surface area contributed by atoms with Gasteiger partial charge >= 0.3 is 0 Å². The van der Waals surface area contributed by atoms with Gasteiger partial charge in [-0.05, 0) is 63.6 Å². The Labute approximate surface area is 186 Å². The quantitative estimate of drug-likeness (QED) is 0.485. The largest absolute Gasteiger partial charge is 0.495 e. The first-order valence-corrected chi connectivity index (χ1v) is 10.3. The summed E-state index contributed by atoms with van der Waals surface area (Å²) in [6.45, 7) is 7.19. The zero-order chi connectivity index (χ0) is 23.0. The summed E-state index contributed by atoms with van der Waals surface area (Å²) >= 11 is 0. The number of rotatable bonds is 6. The molecular formula is C24H26FN5O2. The van der Waals surface area contributed by atoms with Crippen LogP contribution >= 0.6 is 0 Å². The van der Waals surface area contributed by atoms with Crippen LogP contribution in [0, 0.1) is 12.7 Å². The molecule has 0 aliphatic heterocycles. The van der Waals surface area contributed by atoms with Crippen LogP contribution in [0.3, 0.4) is 0 Å². The van der Waals surface area contributed by atoms with Crippen molar-refractivity contribution in [2.75, 3.05) is 7.11 Å². The number of hydrogen-bond acceptors (Lipinski definition) is 5. The maximum atomic E-state index is 13.4. The molecule has 0 spiro atoms. The van der Waals surface area contributed by atoms with Crippen molar-refractivity contribution in [1.82, 2.24) is 24.3 Å². The van der Waals surface area contributed by atoms with Gasteiger partial charge in [-0.15, -0.1) is 0 Å². The molecule has 0 radical (unpaired) electrons. The standard InChI is InChI=1S/C24H26FN5O2/c1-15-13-29(14-26-15)20-11-8-18(12-21(20)32-5)22-27-23(24(3,4)31)30(28-22)16(2)17-6-9-19(25)10-7-17/h6-14,16,31H,1-5H3. The summed E-state index contributed by atoms with van der Waals surface area (Å²) in [7, 11) is 1.61. The molecule has 0 saturated heterocycles. The van der Waals surface area contributed by atoms with Gasteiger partial charge < -0.3 is 14.4 Å². The van der Waals surface area contributed by atoms with Crippen LogP contribution in [0.4, 0.5) is 4.39 Å². The first-order valence-electron chi connectivity index (χ1n) is 10.3. The molecule has 0 fully saturated rings. The normalized spacial score (nSPS) is 12.7. The van der Waals surface area contributed by atoms with Crippen molar-refractivity contribution < 1.29 is 14.2 Å². The molecule has 0 bridgehead atoms. The molecule has 0 aliphatic carbocycles. The molecule has 0 amide bonds. The van der Waals surface area contributed by atoms with Crippen LogP contribution in [-0.4, -0.2) is 36.5 Å². The molecule has 166 valence electrons. The van der Waals surface area contributed by atoms with Gasteiger partial charge in [0, 0.05) is 11.8 Å². The molecule has 0 saturated carbocycles. The van der Waals surface area contributed by atoms with Crippen molar-refractivity contribution >= 4 is 0 Å². The number of halogens is 1. The number of ether oxygens (including phenoxy) is 1. The third-order valence-corrected chi connectivity index (χ3v) is 5.33. The molecule has 2 heterocycles. The summed E-state index contributed by atoms with van der Waals surface area (Å²) in [4.78, 5) is 8.92. The average Bonchev–Trinajstić information content (AvgIpc) is 3.40. The van der Waals surface area contributed by atoms with Crippen LogP contribution in [0.15, 0.2) is 55.0 Å². The van der Waals surface area contributed by atoms with E-state index in [0.717, 1.165) is 22.5 Å². The zero-order valence-electron chi connectivity index (χ0n) is 18.7. The predicted molar refractivity (Wildman–Crippen MR) is 119 cm³/mol. The van der Waals surface area contributed by atoms with E-state index in [1.54, 1.807) is 44.1 Å². The van der Waals surface area contributed by atoms with Crippen molar-refractivity contribution in [2.45, 2.75) is 39.3 Å². The smallest absolute Gasteiger partial charge is 0.181 e. The lowest BCUT2D eigenvalue weighted by Gasteiger charge is -2.21. The molecule has 2 aromatic carbocycles. The zero-order valence-corrected chi connectivity index (χ0v) is 18.7. The number of aryl methyl sites for hydroxylation is 1. The van der Waals surface area contributed by atoms with E-state index in [1.165, 1.54) is 12.1 Å². The third kappa shape index (κ3) is 4.13. The molecule has 4 rings (SSSR count). The van der Waals surface area contributed by atoms with Crippen molar-refractivity contribution in [2.24, 2.45) is 0 Å². The lowest BCUT2D eigenvalue weighted by Crippen LogP contribution is -2.25. The number of benzene rings is 2. The summed E-state index contributed by atoms with van der Waals surface area (Å²) < 4.78 is 22.6. The van der Waals surface area contributed by atoms with E-state index in [9.17, 15) is 9.50 Å². The van der Waals surface area contributed by atoms with Gasteiger partial charge in [0.2, 0.25) is 0 Å². The predicted octanol–water partition coefficient (Wildman–Crippen LogP) is 4.42. The summed E-state index contributed by atoms with van der Waals surface area (Å²) in [5.41, 5.74) is 2.13. The highest BCUT2D eigenvalue weighted by Crippen LogP contribution is 2.32. The van der Waals surface area contributed by atoms with Gasteiger partial charge in [0.1, 0.15) is 17.2 Å². The number of aromatic nitrogens is 5. The molecular weight excluding hydrogens is 409 g/mol. The Morgan fingerprint density at radius 1 is 1.12 bits per heavy atom. The highest BCUT2D eigenvalue weighted by atomic mass is 19.1. The highest BCUT2D eigenvalue weighted by Gasteiger charge is 2.28. The monoisotopic (exact) mass is 435 g/mol. The Kier molecular flexibility index (Phi) is 5.56. The minimum atomic E-state index is -1.22. The Morgan fingerprint density at radius 3 is 2.44 bits per heavy atom. The van der Waals surface area contributed by atoms with Gasteiger partial charge in [0.25, 0.3) is 0 Å². The van der Waals surface area contributed by atoms with E-state index < -0.39 is 5.60 Å². The average molecular weight is 436 g/mol. The molecule has 1 unspecified atom stereocenters. The van der Waals surface area contributed by atoms with E-state index in [4.69, 9.17) is 9.84 Å². The molecule has 0 aliphatic rings. The number of methoxy groups -OCH3 is 1. The first-order chi connectivity index (χ1) is 15.2. The van der Waals surface area contributed by atoms with E-state index in [0.29, 0.717) is 17.4 Å². The van der Waals surface area contributed by atoms with Crippen LogP contribution in [0.25, 0.3) is 17.1 Å². The van der Waals surface area contributed by atoms with Crippen LogP contribution in [-0.2, 0) is 5.60 Å². The van der Waals surface area contributed by atoms with Gasteiger partial charge in [-0.3, -0.25) is 0 Å². The van der Waals surface area contributed by atoms with Gasteiger partial charge in [0.15, 0.2) is 11.6 Å². The highest BCUT2D eigenvalue weighted by molar-refractivity contribution is 5.63. The fourth-order valence-corrected chi connectivity index (χ4v) is 3.60. The number of imidazole rings is 1. The van der Waals surface area contributed by atoms with Gasteiger partial charge in [-0.25, -0.2) is 19.0 Å². The number of nitrogens with zero attached hydrogens (tertiary/aromatic N) is 5. The first kappa shape index (κ1) is 21.7. The Hall–Kier alpha value is -3.52. The maximum absolute atomic E-state index is 13.4. The van der Waals surface area contributed by atoms with E-state index in [2.05, 4.69) is 9.97 Å². The third-order valence-electron chi connectivity index (χ3n) is 5.33. The second-order valence-corrected chi connectivity index (χ2v) is 8.30. The second-order valence-electron chi connectivity index (χ2n) is 8.30. The van der Waals surface area contributed by atoms with Crippen molar-refractivity contribution in [3.05, 3.63) is 77.9 Å². The summed E-state index contributed by atoms with van der Waals surface area (Å²) in [5.74, 6) is 1.22. The SMILES string of the molecule is COc1cc(-c2nc(C(C)(C)O)n(C(C)c3ccc(F)cc3)n2)ccc1-n1cnc(C)c1. The molecule has 1 atom stereocenters. The Bertz CT molecular complexity index is 1240. The van der Waals surface area contributed by atoms with Crippen LogP contribution in [0.2, 0.25) is 0 Å². The van der Waals surface area contributed by atoms with E-state index in [-0.39, 0.29) is 11.9 Å².